The Hall–Kier alpha value is -3.41. The molecule has 6 nitrogen and oxygen atoms in total. The average Bonchev–Trinajstić information content (AvgIpc) is 3.35. The van der Waals surface area contributed by atoms with Crippen LogP contribution in [0.4, 0.5) is 0 Å². The second-order valence-corrected chi connectivity index (χ2v) is 19.3. The van der Waals surface area contributed by atoms with Crippen molar-refractivity contribution in [2.75, 3.05) is 13.2 Å². The summed E-state index contributed by atoms with van der Waals surface area (Å²) in [4.78, 5) is 38.2. The van der Waals surface area contributed by atoms with Gasteiger partial charge in [-0.3, -0.25) is 14.4 Å². The number of hydrogen-bond acceptors (Lipinski definition) is 6. The van der Waals surface area contributed by atoms with Crippen LogP contribution in [0.15, 0.2) is 85.1 Å². The zero-order valence-electron chi connectivity index (χ0n) is 45.3. The maximum absolute atomic E-state index is 12.8. The molecule has 0 bridgehead atoms. The molecule has 0 radical (unpaired) electrons. The van der Waals surface area contributed by atoms with Gasteiger partial charge in [0.2, 0.25) is 0 Å². The van der Waals surface area contributed by atoms with Gasteiger partial charge in [-0.25, -0.2) is 0 Å². The van der Waals surface area contributed by atoms with E-state index in [1.54, 1.807) is 0 Å². The molecule has 0 aliphatic heterocycles. The molecule has 0 aromatic rings. The summed E-state index contributed by atoms with van der Waals surface area (Å²) in [6.45, 7) is 6.47. The van der Waals surface area contributed by atoms with E-state index in [1.807, 2.05) is 60.8 Å². The van der Waals surface area contributed by atoms with E-state index in [9.17, 15) is 14.4 Å². The van der Waals surface area contributed by atoms with Crippen LogP contribution in [0.25, 0.3) is 0 Å². The molecular formula is C63H108O6. The number of esters is 3. The molecule has 0 fully saturated rings. The van der Waals surface area contributed by atoms with Crippen LogP contribution in [-0.4, -0.2) is 37.2 Å². The van der Waals surface area contributed by atoms with Crippen molar-refractivity contribution < 1.29 is 28.6 Å². The molecule has 6 heteroatoms. The van der Waals surface area contributed by atoms with Crippen LogP contribution in [-0.2, 0) is 28.6 Å². The van der Waals surface area contributed by atoms with Crippen LogP contribution >= 0.6 is 0 Å². The molecule has 1 atom stereocenters. The molecule has 0 heterocycles. The molecule has 0 spiro atoms. The van der Waals surface area contributed by atoms with Crippen LogP contribution < -0.4 is 0 Å². The van der Waals surface area contributed by atoms with Gasteiger partial charge in [-0.05, 0) is 64.2 Å². The van der Waals surface area contributed by atoms with E-state index >= 15 is 0 Å². The lowest BCUT2D eigenvalue weighted by Gasteiger charge is -2.18. The Kier molecular flexibility index (Phi) is 54.3. The molecule has 0 N–H and O–H groups in total. The summed E-state index contributed by atoms with van der Waals surface area (Å²) in [6, 6.07) is 0. The summed E-state index contributed by atoms with van der Waals surface area (Å²) in [7, 11) is 0. The van der Waals surface area contributed by atoms with Gasteiger partial charge in [0.1, 0.15) is 13.2 Å². The van der Waals surface area contributed by atoms with Crippen LogP contribution in [0, 0.1) is 0 Å². The topological polar surface area (TPSA) is 78.9 Å². The maximum atomic E-state index is 12.8. The standard InChI is InChI=1S/C63H108O6/c1-4-7-10-13-16-19-22-25-28-30-31-33-35-38-41-44-47-50-53-56-62(65)68-59-60(58-67-61(64)55-52-49-46-43-40-37-34-27-24-21-18-15-12-9-6-3)69-63(66)57-54-51-48-45-42-39-36-32-29-26-23-20-17-14-11-8-5-2/h8,11,14,17,20-21,23-24,26,29,32,36,39,42,60H,4-7,9-10,12-13,15-16,18-19,22,25,27-28,30-31,33-35,37-38,40-41,43-59H2,1-3H3/b11-8-,17-14-,23-20-,24-21-,29-26-,36-32+,42-39-. The molecule has 0 rings (SSSR count). The van der Waals surface area contributed by atoms with E-state index in [2.05, 4.69) is 45.1 Å². The summed E-state index contributed by atoms with van der Waals surface area (Å²) in [5.74, 6) is -0.934. The van der Waals surface area contributed by atoms with Crippen LogP contribution in [0.1, 0.15) is 278 Å². The van der Waals surface area contributed by atoms with Crippen molar-refractivity contribution in [2.45, 2.75) is 284 Å². The number of carbonyl (C=O) groups is 3. The molecule has 0 aromatic carbocycles. The summed E-state index contributed by atoms with van der Waals surface area (Å²) >= 11 is 0. The first-order valence-electron chi connectivity index (χ1n) is 29.2. The quantitative estimate of drug-likeness (QED) is 0.0199. The van der Waals surface area contributed by atoms with Gasteiger partial charge in [0.25, 0.3) is 0 Å². The normalized spacial score (nSPS) is 12.7. The SMILES string of the molecule is CC\C=C/C=C\C=C/C=C\C=C\C=C/CCCCCC(=O)OC(COC(=O)CCCCCCCCC/C=C\CCCCCC)COC(=O)CCCCCCCCCCCCCCCCCCCCC. The second-order valence-electron chi connectivity index (χ2n) is 19.3. The van der Waals surface area contributed by atoms with E-state index in [4.69, 9.17) is 14.2 Å². The Labute approximate surface area is 426 Å². The second kappa shape index (κ2) is 57.2. The fraction of sp³-hybridized carbons (Fsp3) is 0.730. The number of carbonyl (C=O) groups excluding carboxylic acids is 3. The van der Waals surface area contributed by atoms with Crippen molar-refractivity contribution in [3.8, 4) is 0 Å². The number of hydrogen-bond donors (Lipinski definition) is 0. The van der Waals surface area contributed by atoms with Gasteiger partial charge in [0.15, 0.2) is 6.10 Å². The zero-order chi connectivity index (χ0) is 50.0. The van der Waals surface area contributed by atoms with E-state index in [0.29, 0.717) is 19.3 Å². The van der Waals surface area contributed by atoms with Crippen molar-refractivity contribution >= 4 is 17.9 Å². The minimum atomic E-state index is -0.801. The number of rotatable bonds is 52. The predicted octanol–water partition coefficient (Wildman–Crippen LogP) is 19.5. The molecule has 0 saturated heterocycles. The third kappa shape index (κ3) is 55.4. The highest BCUT2D eigenvalue weighted by atomic mass is 16.6. The van der Waals surface area contributed by atoms with Crippen molar-refractivity contribution in [2.24, 2.45) is 0 Å². The van der Waals surface area contributed by atoms with Crippen molar-refractivity contribution in [3.63, 3.8) is 0 Å². The van der Waals surface area contributed by atoms with E-state index in [0.717, 1.165) is 64.2 Å². The summed E-state index contributed by atoms with van der Waals surface area (Å²) in [5.41, 5.74) is 0. The molecule has 0 aliphatic carbocycles. The van der Waals surface area contributed by atoms with Gasteiger partial charge in [-0.2, -0.15) is 0 Å². The molecule has 396 valence electrons. The zero-order valence-corrected chi connectivity index (χ0v) is 45.3. The van der Waals surface area contributed by atoms with Crippen molar-refractivity contribution in [1.29, 1.82) is 0 Å². The maximum Gasteiger partial charge on any atom is 0.306 e. The van der Waals surface area contributed by atoms with Gasteiger partial charge in [-0.15, -0.1) is 0 Å². The molecular weight excluding hydrogens is 853 g/mol. The van der Waals surface area contributed by atoms with Crippen LogP contribution in [0.2, 0.25) is 0 Å². The Morgan fingerprint density at radius 1 is 0.304 bits per heavy atom. The molecule has 0 aliphatic rings. The summed E-state index contributed by atoms with van der Waals surface area (Å²) in [6.07, 6.45) is 74.3. The monoisotopic (exact) mass is 961 g/mol. The first-order valence-corrected chi connectivity index (χ1v) is 29.2. The Morgan fingerprint density at radius 3 is 0.957 bits per heavy atom. The Balaban J connectivity index is 4.44. The summed E-state index contributed by atoms with van der Waals surface area (Å²) < 4.78 is 16.8. The van der Waals surface area contributed by atoms with Crippen molar-refractivity contribution in [3.05, 3.63) is 85.1 Å². The first kappa shape index (κ1) is 65.6. The largest absolute Gasteiger partial charge is 0.462 e. The van der Waals surface area contributed by atoms with E-state index < -0.39 is 6.10 Å². The predicted molar refractivity (Wildman–Crippen MR) is 297 cm³/mol. The number of unbranched alkanes of at least 4 members (excludes halogenated alkanes) is 32. The lowest BCUT2D eigenvalue weighted by atomic mass is 10.0. The number of allylic oxidation sites excluding steroid dienone is 14. The molecule has 0 amide bonds. The smallest absolute Gasteiger partial charge is 0.306 e. The van der Waals surface area contributed by atoms with Crippen LogP contribution in [0.5, 0.6) is 0 Å². The molecule has 0 saturated carbocycles. The number of ether oxygens (including phenoxy) is 3. The van der Waals surface area contributed by atoms with Gasteiger partial charge < -0.3 is 14.2 Å². The summed E-state index contributed by atoms with van der Waals surface area (Å²) in [5, 5.41) is 0. The van der Waals surface area contributed by atoms with Gasteiger partial charge in [0, 0.05) is 19.3 Å². The fourth-order valence-electron chi connectivity index (χ4n) is 8.18. The Bertz CT molecular complexity index is 1330. The van der Waals surface area contributed by atoms with Gasteiger partial charge in [0.05, 0.1) is 0 Å². The van der Waals surface area contributed by atoms with Crippen LogP contribution in [0.3, 0.4) is 0 Å². The highest BCUT2D eigenvalue weighted by Crippen LogP contribution is 2.16. The third-order valence-corrected chi connectivity index (χ3v) is 12.5. The van der Waals surface area contributed by atoms with E-state index in [-0.39, 0.29) is 37.5 Å². The Morgan fingerprint density at radius 2 is 0.580 bits per heavy atom. The molecule has 0 aromatic heterocycles. The lowest BCUT2D eigenvalue weighted by Crippen LogP contribution is -2.30. The lowest BCUT2D eigenvalue weighted by molar-refractivity contribution is -0.167. The first-order chi connectivity index (χ1) is 34.0. The van der Waals surface area contributed by atoms with E-state index in [1.165, 1.54) is 167 Å². The van der Waals surface area contributed by atoms with Gasteiger partial charge >= 0.3 is 17.9 Å². The highest BCUT2D eigenvalue weighted by molar-refractivity contribution is 5.71. The average molecular weight is 962 g/mol. The minimum Gasteiger partial charge on any atom is -0.462 e. The highest BCUT2D eigenvalue weighted by Gasteiger charge is 2.19. The minimum absolute atomic E-state index is 0.0940. The molecule has 1 unspecified atom stereocenters. The third-order valence-electron chi connectivity index (χ3n) is 12.5. The van der Waals surface area contributed by atoms with Crippen molar-refractivity contribution in [1.82, 2.24) is 0 Å². The molecule has 69 heavy (non-hydrogen) atoms. The van der Waals surface area contributed by atoms with Gasteiger partial charge in [-0.1, -0.05) is 279 Å². The fourth-order valence-corrected chi connectivity index (χ4v) is 8.18.